The van der Waals surface area contributed by atoms with E-state index < -0.39 is 20.9 Å². The number of allylic oxidation sites excluding steroid dienone is 5. The second-order valence-corrected chi connectivity index (χ2v) is 16.4. The Morgan fingerprint density at radius 1 is 0.865 bits per heavy atom. The van der Waals surface area contributed by atoms with Gasteiger partial charge in [0.1, 0.15) is 12.3 Å². The molecular weight excluding hydrogens is 675 g/mol. The molecular formula is C41H42N5O5S+. The molecule has 0 unspecified atom stereocenters. The molecule has 0 aromatic heterocycles. The normalized spacial score (nSPS) is 19.1. The first-order valence-corrected chi connectivity index (χ1v) is 19.2. The highest BCUT2D eigenvalue weighted by Gasteiger charge is 2.48. The number of nitrogens with zero attached hydrogens (tertiary/aromatic N) is 5. The summed E-state index contributed by atoms with van der Waals surface area (Å²) in [5.41, 5.74) is 14.2. The predicted octanol–water partition coefficient (Wildman–Crippen LogP) is 8.74. The van der Waals surface area contributed by atoms with E-state index >= 15 is 0 Å². The number of hydrogen-bond acceptors (Lipinski definition) is 6. The van der Waals surface area contributed by atoms with Gasteiger partial charge in [0.2, 0.25) is 11.5 Å². The quantitative estimate of drug-likeness (QED) is 0.0302. The van der Waals surface area contributed by atoms with E-state index in [9.17, 15) is 22.9 Å². The second kappa shape index (κ2) is 13.1. The van der Waals surface area contributed by atoms with Crippen LogP contribution in [-0.2, 0) is 25.7 Å². The predicted molar refractivity (Wildman–Crippen MR) is 206 cm³/mol. The summed E-state index contributed by atoms with van der Waals surface area (Å²) in [5.74, 6) is -0.659. The van der Waals surface area contributed by atoms with Crippen molar-refractivity contribution in [2.45, 2.75) is 57.8 Å². The van der Waals surface area contributed by atoms with Crippen molar-refractivity contribution in [3.05, 3.63) is 129 Å². The molecule has 0 bridgehead atoms. The highest BCUT2D eigenvalue weighted by molar-refractivity contribution is 7.85. The number of unbranched alkanes of at least 4 members (excludes halogenated alkanes) is 1. The number of rotatable bonds is 11. The number of hydrogen-bond donors (Lipinski definition) is 2. The van der Waals surface area contributed by atoms with Gasteiger partial charge in [-0.3, -0.25) is 9.35 Å². The van der Waals surface area contributed by atoms with Gasteiger partial charge in [-0.2, -0.15) is 13.0 Å². The summed E-state index contributed by atoms with van der Waals surface area (Å²) in [6.07, 6.45) is 4.98. The summed E-state index contributed by atoms with van der Waals surface area (Å²) in [4.78, 5) is 19.2. The minimum atomic E-state index is -4.09. The van der Waals surface area contributed by atoms with E-state index in [4.69, 9.17) is 5.53 Å². The lowest BCUT2D eigenvalue weighted by atomic mass is 9.76. The van der Waals surface area contributed by atoms with Crippen molar-refractivity contribution in [1.29, 1.82) is 0 Å². The van der Waals surface area contributed by atoms with Crippen LogP contribution in [0.15, 0.2) is 113 Å². The maximum atomic E-state index is 14.1. The number of Topliss-reactive ketones (excluding diaryl/α,β-unsaturated/α-hetero) is 1. The van der Waals surface area contributed by atoms with Gasteiger partial charge in [-0.25, -0.2) is 0 Å². The third-order valence-electron chi connectivity index (χ3n) is 10.8. The molecule has 3 aliphatic rings. The lowest BCUT2D eigenvalue weighted by molar-refractivity contribution is -0.438. The molecule has 0 radical (unpaired) electrons. The molecule has 4 aromatic rings. The van der Waals surface area contributed by atoms with Crippen LogP contribution in [0.3, 0.4) is 0 Å². The van der Waals surface area contributed by atoms with E-state index in [1.807, 2.05) is 30.3 Å². The molecule has 52 heavy (non-hydrogen) atoms. The van der Waals surface area contributed by atoms with Gasteiger partial charge in [0.15, 0.2) is 5.71 Å². The van der Waals surface area contributed by atoms with Crippen molar-refractivity contribution < 1.29 is 27.4 Å². The Hall–Kier alpha value is -5.22. The summed E-state index contributed by atoms with van der Waals surface area (Å²) in [6.45, 7) is 9.83. The molecule has 10 nitrogen and oxygen atoms in total. The summed E-state index contributed by atoms with van der Waals surface area (Å²) < 4.78 is 34.3. The minimum Gasteiger partial charge on any atom is -0.506 e. The van der Waals surface area contributed by atoms with Crippen LogP contribution in [0.5, 0.6) is 0 Å². The smallest absolute Gasteiger partial charge is 0.264 e. The number of fused-ring (bicyclic) bond motifs is 6. The van der Waals surface area contributed by atoms with Crippen LogP contribution in [0.4, 0.5) is 11.4 Å². The van der Waals surface area contributed by atoms with Gasteiger partial charge in [0.05, 0.1) is 22.3 Å². The van der Waals surface area contributed by atoms with Crippen LogP contribution in [0.2, 0.25) is 0 Å². The number of carbonyl (C=O) groups is 1. The van der Waals surface area contributed by atoms with Crippen molar-refractivity contribution >= 4 is 54.5 Å². The monoisotopic (exact) mass is 716 g/mol. The van der Waals surface area contributed by atoms with Crippen molar-refractivity contribution in [3.63, 3.8) is 0 Å². The summed E-state index contributed by atoms with van der Waals surface area (Å²) in [6, 6.07) is 24.7. The standard InChI is InChI=1S/C41H41N5O5S/c1-40(2)34(45(21-9-10-23-52(49,50)51)32-18-16-26-12-5-7-14-28(26)36(32)40)24-30-38(47)31(39(30)48)25-35-41(3,4)37-29-15-8-6-13-27(29)17-19-33(37)46(35)22-11-20-43-44-42/h5-8,12-19,24-25H,9-11,20-23H2,1-4H3,(H-,47,48,49,50,51)/p+1. The summed E-state index contributed by atoms with van der Waals surface area (Å²) >= 11 is 0. The number of aliphatic hydroxyl groups excluding tert-OH is 1. The van der Waals surface area contributed by atoms with Crippen molar-refractivity contribution in [2.75, 3.05) is 30.3 Å². The molecule has 0 atom stereocenters. The Bertz CT molecular complexity index is 2470. The highest BCUT2D eigenvalue weighted by atomic mass is 32.2. The molecule has 4 aromatic carbocycles. The lowest BCUT2D eigenvalue weighted by Gasteiger charge is -2.29. The molecule has 266 valence electrons. The highest BCUT2D eigenvalue weighted by Crippen LogP contribution is 2.52. The molecule has 1 aliphatic carbocycles. The van der Waals surface area contributed by atoms with E-state index in [1.54, 1.807) is 6.08 Å². The van der Waals surface area contributed by atoms with Crippen LogP contribution in [0.25, 0.3) is 32.0 Å². The van der Waals surface area contributed by atoms with Gasteiger partial charge in [-0.1, -0.05) is 73.6 Å². The SMILES string of the molecule is CC1(C)C(=CC2=C(O)C(=CC3=[N+](CCCCS(=O)(=O)O)c4ccc5ccccc5c4C3(C)C)C2=O)N(CCCN=[N+]=[N-])c2ccc3ccccc3c21. The Morgan fingerprint density at radius 2 is 1.52 bits per heavy atom. The molecule has 0 saturated carbocycles. The Labute approximate surface area is 303 Å². The Kier molecular flexibility index (Phi) is 8.85. The molecule has 7 rings (SSSR count). The van der Waals surface area contributed by atoms with Gasteiger partial charge in [-0.05, 0) is 77.5 Å². The fourth-order valence-corrected chi connectivity index (χ4v) is 8.92. The number of benzene rings is 4. The second-order valence-electron chi connectivity index (χ2n) is 14.8. The zero-order chi connectivity index (χ0) is 37.0. The van der Waals surface area contributed by atoms with E-state index in [0.717, 1.165) is 55.5 Å². The van der Waals surface area contributed by atoms with Gasteiger partial charge >= 0.3 is 0 Å². The maximum Gasteiger partial charge on any atom is 0.264 e. The molecule has 0 fully saturated rings. The number of carbonyl (C=O) groups excluding carboxylic acids is 1. The van der Waals surface area contributed by atoms with Crippen LogP contribution in [0, 0.1) is 0 Å². The van der Waals surface area contributed by atoms with Gasteiger partial charge in [0.25, 0.3) is 10.1 Å². The van der Waals surface area contributed by atoms with E-state index in [0.29, 0.717) is 32.5 Å². The van der Waals surface area contributed by atoms with E-state index in [-0.39, 0.29) is 34.9 Å². The summed E-state index contributed by atoms with van der Waals surface area (Å²) in [5, 5.41) is 19.8. The first kappa shape index (κ1) is 35.2. The molecule has 2 heterocycles. The molecule has 0 amide bonds. The topological polar surface area (TPSA) is 147 Å². The molecule has 2 N–H and O–H groups in total. The Morgan fingerprint density at radius 3 is 2.17 bits per heavy atom. The van der Waals surface area contributed by atoms with Crippen molar-refractivity contribution in [3.8, 4) is 0 Å². The first-order valence-electron chi connectivity index (χ1n) is 17.6. The Balaban J connectivity index is 1.31. The molecule has 11 heteroatoms. The van der Waals surface area contributed by atoms with Gasteiger partial charge < -0.3 is 10.0 Å². The average Bonchev–Trinajstić information content (AvgIpc) is 3.47. The number of azide groups is 1. The number of anilines is 1. The van der Waals surface area contributed by atoms with E-state index in [1.165, 1.54) is 0 Å². The molecule has 0 saturated heterocycles. The van der Waals surface area contributed by atoms with E-state index in [2.05, 4.69) is 95.7 Å². The molecule has 0 spiro atoms. The summed E-state index contributed by atoms with van der Waals surface area (Å²) in [7, 11) is -4.09. The maximum absolute atomic E-state index is 14.1. The third-order valence-corrected chi connectivity index (χ3v) is 11.6. The first-order chi connectivity index (χ1) is 24.8. The van der Waals surface area contributed by atoms with Crippen LogP contribution >= 0.6 is 0 Å². The van der Waals surface area contributed by atoms with Crippen molar-refractivity contribution in [1.82, 2.24) is 0 Å². The third kappa shape index (κ3) is 5.88. The average molecular weight is 717 g/mol. The van der Waals surface area contributed by atoms with Crippen LogP contribution < -0.4 is 4.90 Å². The largest absolute Gasteiger partial charge is 0.506 e. The fourth-order valence-electron chi connectivity index (χ4n) is 8.36. The zero-order valence-corrected chi connectivity index (χ0v) is 30.6. The fraction of sp³-hybridized carbons (Fsp3) is 0.317. The van der Waals surface area contributed by atoms with Gasteiger partial charge in [0, 0.05) is 58.9 Å². The molecule has 2 aliphatic heterocycles. The number of ketones is 1. The van der Waals surface area contributed by atoms with Crippen LogP contribution in [-0.4, -0.2) is 59.5 Å². The zero-order valence-electron chi connectivity index (χ0n) is 29.8. The lowest BCUT2D eigenvalue weighted by Crippen LogP contribution is -2.32. The van der Waals surface area contributed by atoms with Gasteiger partial charge in [-0.15, -0.1) is 0 Å². The number of aliphatic hydroxyl groups is 1. The minimum absolute atomic E-state index is 0.0708. The van der Waals surface area contributed by atoms with Crippen LogP contribution in [0.1, 0.15) is 58.1 Å². The van der Waals surface area contributed by atoms with Crippen molar-refractivity contribution in [2.24, 2.45) is 5.11 Å².